The highest BCUT2D eigenvalue weighted by atomic mass is 16.5. The van der Waals surface area contributed by atoms with Crippen LogP contribution in [-0.2, 0) is 11.3 Å². The fourth-order valence-electron chi connectivity index (χ4n) is 1.43. The number of rotatable bonds is 3. The molecule has 2 rings (SSSR count). The molecule has 0 fully saturated rings. The molecule has 0 radical (unpaired) electrons. The first kappa shape index (κ1) is 9.72. The minimum atomic E-state index is -1.00. The molecular formula is C9H11N3O3. The number of hydrogen-bond acceptors (Lipinski definition) is 5. The number of aromatic nitrogens is 1. The van der Waals surface area contributed by atoms with Gasteiger partial charge in [-0.05, 0) is 6.08 Å². The Kier molecular flexibility index (Phi) is 2.42. The molecule has 15 heavy (non-hydrogen) atoms. The second-order valence-corrected chi connectivity index (χ2v) is 3.41. The first-order chi connectivity index (χ1) is 7.16. The van der Waals surface area contributed by atoms with Crippen LogP contribution in [0.15, 0.2) is 16.9 Å². The predicted molar refractivity (Wildman–Crippen MR) is 51.6 cm³/mol. The van der Waals surface area contributed by atoms with Crippen LogP contribution in [0.1, 0.15) is 11.3 Å². The average Bonchev–Trinajstić information content (AvgIpc) is 2.64. The normalized spacial score (nSPS) is 16.2. The van der Waals surface area contributed by atoms with E-state index >= 15 is 0 Å². The lowest BCUT2D eigenvalue weighted by molar-refractivity contribution is -0.138. The lowest BCUT2D eigenvalue weighted by Crippen LogP contribution is -2.40. The van der Waals surface area contributed by atoms with Crippen molar-refractivity contribution >= 4 is 12.0 Å². The van der Waals surface area contributed by atoms with Gasteiger partial charge in [0.25, 0.3) is 0 Å². The number of carbonyl (C=O) groups is 1. The number of hydrogen-bond donors (Lipinski definition) is 2. The molecular weight excluding hydrogens is 198 g/mol. The van der Waals surface area contributed by atoms with Crippen LogP contribution in [0.4, 0.5) is 0 Å². The Morgan fingerprint density at radius 2 is 2.60 bits per heavy atom. The van der Waals surface area contributed by atoms with Crippen molar-refractivity contribution in [1.82, 2.24) is 10.1 Å². The SMILES string of the molecule is NC(CN1C=Cc2oncc2C1)C(=O)O. The van der Waals surface area contributed by atoms with Crippen LogP contribution in [0.3, 0.4) is 0 Å². The van der Waals surface area contributed by atoms with Crippen molar-refractivity contribution in [2.24, 2.45) is 5.73 Å². The molecule has 1 aromatic heterocycles. The monoisotopic (exact) mass is 209 g/mol. The molecule has 6 heteroatoms. The summed E-state index contributed by atoms with van der Waals surface area (Å²) in [5.74, 6) is -0.283. The maximum atomic E-state index is 10.6. The van der Waals surface area contributed by atoms with E-state index in [9.17, 15) is 4.79 Å². The van der Waals surface area contributed by atoms with Crippen LogP contribution in [0.5, 0.6) is 0 Å². The van der Waals surface area contributed by atoms with E-state index in [2.05, 4.69) is 5.16 Å². The largest absolute Gasteiger partial charge is 0.480 e. The van der Waals surface area contributed by atoms with Crippen LogP contribution in [0, 0.1) is 0 Å². The van der Waals surface area contributed by atoms with Crippen LogP contribution in [0.25, 0.3) is 6.08 Å². The maximum Gasteiger partial charge on any atom is 0.322 e. The van der Waals surface area contributed by atoms with E-state index in [1.165, 1.54) is 0 Å². The molecule has 1 unspecified atom stereocenters. The second kappa shape index (κ2) is 3.74. The summed E-state index contributed by atoms with van der Waals surface area (Å²) in [6, 6.07) is -0.879. The van der Waals surface area contributed by atoms with Gasteiger partial charge in [-0.2, -0.15) is 0 Å². The van der Waals surface area contributed by atoms with Crippen LogP contribution < -0.4 is 5.73 Å². The Morgan fingerprint density at radius 1 is 1.80 bits per heavy atom. The van der Waals surface area contributed by atoms with E-state index in [1.54, 1.807) is 18.5 Å². The molecule has 1 atom stereocenters. The Bertz CT molecular complexity index is 399. The summed E-state index contributed by atoms with van der Waals surface area (Å²) in [5.41, 5.74) is 6.37. The van der Waals surface area contributed by atoms with Gasteiger partial charge in [0.05, 0.1) is 6.20 Å². The van der Waals surface area contributed by atoms with Gasteiger partial charge in [0.15, 0.2) is 5.76 Å². The molecule has 2 heterocycles. The fraction of sp³-hybridized carbons (Fsp3) is 0.333. The maximum absolute atomic E-state index is 10.6. The van der Waals surface area contributed by atoms with Gasteiger partial charge < -0.3 is 20.3 Å². The molecule has 3 N–H and O–H groups in total. The van der Waals surface area contributed by atoms with Crippen molar-refractivity contribution in [3.8, 4) is 0 Å². The van der Waals surface area contributed by atoms with E-state index in [0.717, 1.165) is 11.3 Å². The van der Waals surface area contributed by atoms with Gasteiger partial charge in [0, 0.05) is 24.9 Å². The van der Waals surface area contributed by atoms with Crippen molar-refractivity contribution < 1.29 is 14.4 Å². The highest BCUT2D eigenvalue weighted by Gasteiger charge is 2.19. The number of carboxylic acid groups (broad SMARTS) is 1. The van der Waals surface area contributed by atoms with Gasteiger partial charge in [0.1, 0.15) is 6.04 Å². The summed E-state index contributed by atoms with van der Waals surface area (Å²) in [5, 5.41) is 12.3. The molecule has 1 aliphatic heterocycles. The van der Waals surface area contributed by atoms with Gasteiger partial charge in [-0.3, -0.25) is 4.79 Å². The van der Waals surface area contributed by atoms with Gasteiger partial charge in [0.2, 0.25) is 0 Å². The zero-order valence-corrected chi connectivity index (χ0v) is 7.96. The number of aliphatic carboxylic acids is 1. The van der Waals surface area contributed by atoms with E-state index in [0.29, 0.717) is 6.54 Å². The third-order valence-corrected chi connectivity index (χ3v) is 2.23. The number of nitrogens with two attached hydrogens (primary N) is 1. The molecule has 0 saturated carbocycles. The van der Waals surface area contributed by atoms with E-state index < -0.39 is 12.0 Å². The average molecular weight is 209 g/mol. The van der Waals surface area contributed by atoms with Gasteiger partial charge in [-0.15, -0.1) is 0 Å². The summed E-state index contributed by atoms with van der Waals surface area (Å²) >= 11 is 0. The highest BCUT2D eigenvalue weighted by molar-refractivity contribution is 5.73. The molecule has 1 aromatic rings. The molecule has 0 amide bonds. The summed E-state index contributed by atoms with van der Waals surface area (Å²) in [6.07, 6.45) is 5.13. The number of carboxylic acids is 1. The van der Waals surface area contributed by atoms with Crippen molar-refractivity contribution in [3.63, 3.8) is 0 Å². The van der Waals surface area contributed by atoms with E-state index in [1.807, 2.05) is 4.90 Å². The van der Waals surface area contributed by atoms with E-state index in [-0.39, 0.29) is 6.54 Å². The topological polar surface area (TPSA) is 92.6 Å². The zero-order chi connectivity index (χ0) is 10.8. The molecule has 0 aromatic carbocycles. The van der Waals surface area contributed by atoms with Crippen molar-refractivity contribution in [1.29, 1.82) is 0 Å². The number of nitrogens with zero attached hydrogens (tertiary/aromatic N) is 2. The minimum Gasteiger partial charge on any atom is -0.480 e. The zero-order valence-electron chi connectivity index (χ0n) is 7.96. The predicted octanol–water partition coefficient (Wildman–Crippen LogP) is -0.127. The quantitative estimate of drug-likeness (QED) is 0.720. The third kappa shape index (κ3) is 1.99. The highest BCUT2D eigenvalue weighted by Crippen LogP contribution is 2.18. The molecule has 0 bridgehead atoms. The molecule has 1 aliphatic rings. The smallest absolute Gasteiger partial charge is 0.322 e. The Labute approximate surface area is 85.9 Å². The van der Waals surface area contributed by atoms with Crippen LogP contribution in [-0.4, -0.2) is 33.7 Å². The van der Waals surface area contributed by atoms with Crippen LogP contribution in [0.2, 0.25) is 0 Å². The van der Waals surface area contributed by atoms with Crippen molar-refractivity contribution in [3.05, 3.63) is 23.7 Å². The summed E-state index contributed by atoms with van der Waals surface area (Å²) in [6.45, 7) is 0.854. The molecule has 0 spiro atoms. The Hall–Kier alpha value is -1.82. The van der Waals surface area contributed by atoms with Crippen molar-refractivity contribution in [2.75, 3.05) is 6.54 Å². The molecule has 0 saturated heterocycles. The minimum absolute atomic E-state index is 0.274. The summed E-state index contributed by atoms with van der Waals surface area (Å²) < 4.78 is 4.95. The second-order valence-electron chi connectivity index (χ2n) is 3.41. The van der Waals surface area contributed by atoms with Gasteiger partial charge in [-0.25, -0.2) is 0 Å². The Morgan fingerprint density at radius 3 is 3.33 bits per heavy atom. The number of fused-ring (bicyclic) bond motifs is 1. The van der Waals surface area contributed by atoms with E-state index in [4.69, 9.17) is 15.4 Å². The van der Waals surface area contributed by atoms with Gasteiger partial charge in [-0.1, -0.05) is 5.16 Å². The molecule has 0 aliphatic carbocycles. The summed E-state index contributed by atoms with van der Waals surface area (Å²) in [7, 11) is 0. The molecule has 6 nitrogen and oxygen atoms in total. The van der Waals surface area contributed by atoms with Crippen molar-refractivity contribution in [2.45, 2.75) is 12.6 Å². The lowest BCUT2D eigenvalue weighted by atomic mass is 10.2. The summed E-state index contributed by atoms with van der Waals surface area (Å²) in [4.78, 5) is 12.4. The molecule has 80 valence electrons. The van der Waals surface area contributed by atoms with Crippen LogP contribution >= 0.6 is 0 Å². The standard InChI is InChI=1S/C9H11N3O3/c10-7(9(13)14)5-12-2-1-8-6(4-12)3-11-15-8/h1-3,7H,4-5,10H2,(H,13,14). The first-order valence-electron chi connectivity index (χ1n) is 4.51. The first-order valence-corrected chi connectivity index (χ1v) is 4.51. The van der Waals surface area contributed by atoms with Gasteiger partial charge >= 0.3 is 5.97 Å². The lowest BCUT2D eigenvalue weighted by Gasteiger charge is -2.23. The third-order valence-electron chi connectivity index (χ3n) is 2.23. The Balaban J connectivity index is 2.01. The fourth-order valence-corrected chi connectivity index (χ4v) is 1.43.